The van der Waals surface area contributed by atoms with Crippen molar-refractivity contribution in [3.63, 3.8) is 0 Å². The summed E-state index contributed by atoms with van der Waals surface area (Å²) in [7, 11) is 1.68. The number of piperidine rings is 1. The van der Waals surface area contributed by atoms with Crippen LogP contribution in [0.5, 0.6) is 0 Å². The maximum Gasteiger partial charge on any atom is 0.504 e. The molecule has 0 amide bonds. The van der Waals surface area contributed by atoms with Crippen LogP contribution < -0.4 is 4.90 Å². The highest BCUT2D eigenvalue weighted by atomic mass is 19.4. The first-order valence-electron chi connectivity index (χ1n) is 12.5. The van der Waals surface area contributed by atoms with Crippen LogP contribution in [0.3, 0.4) is 0 Å². The molecule has 0 saturated carbocycles. The van der Waals surface area contributed by atoms with Crippen LogP contribution in [-0.4, -0.2) is 57.6 Å². The molecule has 0 aliphatic carbocycles. The minimum Gasteiger partial charge on any atom is -0.368 e. The van der Waals surface area contributed by atoms with Crippen molar-refractivity contribution in [2.45, 2.75) is 31.7 Å². The van der Waals surface area contributed by atoms with Gasteiger partial charge in [0.1, 0.15) is 18.2 Å². The molecule has 6 heterocycles. The van der Waals surface area contributed by atoms with Gasteiger partial charge in [0.05, 0.1) is 22.6 Å². The summed E-state index contributed by atoms with van der Waals surface area (Å²) in [5.74, 6) is 0.774. The summed E-state index contributed by atoms with van der Waals surface area (Å²) < 4.78 is 57.2. The number of pyridine rings is 2. The van der Waals surface area contributed by atoms with E-state index in [0.717, 1.165) is 6.20 Å². The van der Waals surface area contributed by atoms with Crippen molar-refractivity contribution in [3.8, 4) is 28.6 Å². The van der Waals surface area contributed by atoms with Crippen LogP contribution in [0, 0.1) is 18.3 Å². The molecule has 1 aliphatic rings. The number of nitriles is 1. The molecule has 0 N–H and O–H groups in total. The van der Waals surface area contributed by atoms with E-state index in [9.17, 15) is 18.4 Å². The van der Waals surface area contributed by atoms with Gasteiger partial charge in [0.25, 0.3) is 0 Å². The Morgan fingerprint density at radius 1 is 1.02 bits per heavy atom. The quantitative estimate of drug-likeness (QED) is 0.296. The number of aromatic nitrogens is 9. The lowest BCUT2D eigenvalue weighted by Gasteiger charge is -2.38. The Labute approximate surface area is 230 Å². The molecule has 1 aliphatic heterocycles. The predicted octanol–water partition coefficient (Wildman–Crippen LogP) is 4.20. The van der Waals surface area contributed by atoms with Crippen LogP contribution in [0.15, 0.2) is 43.2 Å². The van der Waals surface area contributed by atoms with Crippen molar-refractivity contribution in [2.24, 2.45) is 7.05 Å². The maximum atomic E-state index is 15.9. The standard InChI is InChI=1S/C26H21F4N11/c1-15-32-11-19(12-33-15)20-8-16(9-31)22(40-5-3-25(27,4-6-40)24-37-35-14-39(24)2)21(36-20)17-7-18-13-41(26(28,29)30)38-23(18)34-10-17/h7-8,10-14H,3-6H2,1-2H3. The second-order valence-electron chi connectivity index (χ2n) is 9.78. The monoisotopic (exact) mass is 563 g/mol. The van der Waals surface area contributed by atoms with Gasteiger partial charge >= 0.3 is 6.30 Å². The van der Waals surface area contributed by atoms with Gasteiger partial charge in [0, 0.05) is 74.3 Å². The van der Waals surface area contributed by atoms with Crippen molar-refractivity contribution in [2.75, 3.05) is 18.0 Å². The van der Waals surface area contributed by atoms with Crippen LogP contribution in [-0.2, 0) is 19.0 Å². The van der Waals surface area contributed by atoms with Crippen molar-refractivity contribution in [1.29, 1.82) is 5.26 Å². The number of hydrogen-bond acceptors (Lipinski definition) is 9. The third kappa shape index (κ3) is 4.71. The molecular weight excluding hydrogens is 542 g/mol. The molecule has 0 unspecified atom stereocenters. The average Bonchev–Trinajstić information content (AvgIpc) is 3.59. The molecule has 1 fully saturated rings. The van der Waals surface area contributed by atoms with Crippen molar-refractivity contribution < 1.29 is 17.6 Å². The number of nitrogens with zero attached hydrogens (tertiary/aromatic N) is 11. The van der Waals surface area contributed by atoms with E-state index in [1.54, 1.807) is 37.0 Å². The third-order valence-electron chi connectivity index (χ3n) is 7.07. The highest BCUT2D eigenvalue weighted by molar-refractivity contribution is 5.87. The largest absolute Gasteiger partial charge is 0.504 e. The third-order valence-corrected chi connectivity index (χ3v) is 7.07. The Balaban J connectivity index is 1.47. The number of anilines is 1. The van der Waals surface area contributed by atoms with Crippen LogP contribution in [0.25, 0.3) is 33.5 Å². The number of alkyl halides is 4. The SMILES string of the molecule is Cc1ncc(-c2cc(C#N)c(N3CCC(F)(c4nncn4C)CC3)c(-c3cnc4nn(C(F)(F)F)cc4c3)n2)cn1. The molecule has 1 saturated heterocycles. The summed E-state index contributed by atoms with van der Waals surface area (Å²) in [5.41, 5.74) is 0.471. The van der Waals surface area contributed by atoms with Gasteiger partial charge in [-0.25, -0.2) is 24.3 Å². The van der Waals surface area contributed by atoms with E-state index in [2.05, 4.69) is 36.3 Å². The molecule has 11 nitrogen and oxygen atoms in total. The second kappa shape index (κ2) is 9.58. The van der Waals surface area contributed by atoms with Crippen LogP contribution in [0.4, 0.5) is 23.2 Å². The number of aryl methyl sites for hydroxylation is 2. The van der Waals surface area contributed by atoms with E-state index in [0.29, 0.717) is 34.0 Å². The normalized spacial score (nSPS) is 15.3. The average molecular weight is 564 g/mol. The van der Waals surface area contributed by atoms with Crippen molar-refractivity contribution >= 4 is 16.7 Å². The van der Waals surface area contributed by atoms with E-state index in [1.807, 2.05) is 4.90 Å². The maximum absolute atomic E-state index is 15.9. The van der Waals surface area contributed by atoms with Crippen molar-refractivity contribution in [1.82, 2.24) is 44.5 Å². The number of fused-ring (bicyclic) bond motifs is 1. The van der Waals surface area contributed by atoms with E-state index in [1.165, 1.54) is 18.6 Å². The predicted molar refractivity (Wildman–Crippen MR) is 138 cm³/mol. The molecule has 0 spiro atoms. The van der Waals surface area contributed by atoms with Gasteiger partial charge < -0.3 is 9.47 Å². The van der Waals surface area contributed by atoms with E-state index < -0.39 is 12.0 Å². The molecule has 0 atom stereocenters. The summed E-state index contributed by atoms with van der Waals surface area (Å²) in [6, 6.07) is 5.30. The molecule has 0 aromatic carbocycles. The molecule has 0 radical (unpaired) electrons. The van der Waals surface area contributed by atoms with Crippen LogP contribution in [0.1, 0.15) is 30.1 Å². The first-order valence-corrected chi connectivity index (χ1v) is 12.5. The topological polar surface area (TPSA) is 127 Å². The molecule has 208 valence electrons. The molecule has 6 rings (SSSR count). The van der Waals surface area contributed by atoms with Crippen molar-refractivity contribution in [3.05, 3.63) is 60.5 Å². The van der Waals surface area contributed by atoms with E-state index in [-0.39, 0.29) is 53.0 Å². The fourth-order valence-electron chi connectivity index (χ4n) is 4.99. The fourth-order valence-corrected chi connectivity index (χ4v) is 4.99. The highest BCUT2D eigenvalue weighted by Gasteiger charge is 2.41. The van der Waals surface area contributed by atoms with Gasteiger partial charge in [0.2, 0.25) is 0 Å². The van der Waals surface area contributed by atoms with Gasteiger partial charge in [-0.15, -0.1) is 28.5 Å². The van der Waals surface area contributed by atoms with Gasteiger partial charge in [-0.3, -0.25) is 0 Å². The van der Waals surface area contributed by atoms with E-state index >= 15 is 4.39 Å². The molecule has 15 heteroatoms. The highest BCUT2D eigenvalue weighted by Crippen LogP contribution is 2.41. The van der Waals surface area contributed by atoms with Gasteiger partial charge in [-0.2, -0.15) is 9.94 Å². The second-order valence-corrected chi connectivity index (χ2v) is 9.78. The lowest BCUT2D eigenvalue weighted by atomic mass is 9.91. The summed E-state index contributed by atoms with van der Waals surface area (Å²) >= 11 is 0. The summed E-state index contributed by atoms with van der Waals surface area (Å²) in [4.78, 5) is 19.2. The number of halogens is 4. The van der Waals surface area contributed by atoms with Gasteiger partial charge in [0.15, 0.2) is 17.1 Å². The molecule has 0 bridgehead atoms. The Bertz CT molecular complexity index is 1790. The van der Waals surface area contributed by atoms with Gasteiger partial charge in [-0.1, -0.05) is 0 Å². The zero-order valence-corrected chi connectivity index (χ0v) is 21.8. The molecular formula is C26H21F4N11. The Kier molecular flexibility index (Phi) is 6.13. The zero-order valence-electron chi connectivity index (χ0n) is 21.8. The summed E-state index contributed by atoms with van der Waals surface area (Å²) in [6.07, 6.45) is 2.23. The Morgan fingerprint density at radius 3 is 2.37 bits per heavy atom. The smallest absolute Gasteiger partial charge is 0.368 e. The molecule has 5 aromatic rings. The van der Waals surface area contributed by atoms with Crippen LogP contribution >= 0.6 is 0 Å². The molecule has 41 heavy (non-hydrogen) atoms. The minimum absolute atomic E-state index is 0.0764. The minimum atomic E-state index is -4.71. The lowest BCUT2D eigenvalue weighted by Crippen LogP contribution is -2.42. The summed E-state index contributed by atoms with van der Waals surface area (Å²) in [5, 5.41) is 21.6. The number of hydrogen-bond donors (Lipinski definition) is 0. The molecule has 5 aromatic heterocycles. The Hall–Kier alpha value is -5.00. The van der Waals surface area contributed by atoms with Gasteiger partial charge in [-0.05, 0) is 19.1 Å². The first-order chi connectivity index (χ1) is 19.6. The van der Waals surface area contributed by atoms with Crippen LogP contribution in [0.2, 0.25) is 0 Å². The first kappa shape index (κ1) is 26.2. The lowest BCUT2D eigenvalue weighted by molar-refractivity contribution is -0.211. The Morgan fingerprint density at radius 2 is 1.73 bits per heavy atom. The zero-order chi connectivity index (χ0) is 28.9. The fraction of sp³-hybridized carbons (Fsp3) is 0.308. The summed E-state index contributed by atoms with van der Waals surface area (Å²) in [6.45, 7) is 2.18. The number of rotatable bonds is 4. The van der Waals surface area contributed by atoms with E-state index in [4.69, 9.17) is 4.98 Å².